The summed E-state index contributed by atoms with van der Waals surface area (Å²) in [6.07, 6.45) is 2.03. The lowest BCUT2D eigenvalue weighted by atomic mass is 10.1. The Hall–Kier alpha value is -2.50. The Morgan fingerprint density at radius 2 is 2.19 bits per heavy atom. The van der Waals surface area contributed by atoms with E-state index in [-0.39, 0.29) is 11.7 Å². The maximum atomic E-state index is 13.6. The first-order valence-corrected chi connectivity index (χ1v) is 6.75. The van der Waals surface area contributed by atoms with Crippen molar-refractivity contribution >= 4 is 11.9 Å². The molecule has 5 nitrogen and oxygen atoms in total. The van der Waals surface area contributed by atoms with Gasteiger partial charge in [-0.3, -0.25) is 4.79 Å². The van der Waals surface area contributed by atoms with Gasteiger partial charge in [-0.05, 0) is 18.1 Å². The summed E-state index contributed by atoms with van der Waals surface area (Å²) in [5.41, 5.74) is 1.86. The third-order valence-electron chi connectivity index (χ3n) is 3.56. The van der Waals surface area contributed by atoms with Crippen molar-refractivity contribution in [2.24, 2.45) is 0 Å². The minimum absolute atomic E-state index is 0.0935. The highest BCUT2D eigenvalue weighted by Gasteiger charge is 2.29. The topological polar surface area (TPSA) is 58.1 Å². The zero-order valence-electron chi connectivity index (χ0n) is 11.6. The van der Waals surface area contributed by atoms with E-state index in [4.69, 9.17) is 0 Å². The molecule has 21 heavy (non-hydrogen) atoms. The van der Waals surface area contributed by atoms with Gasteiger partial charge >= 0.3 is 0 Å². The predicted molar refractivity (Wildman–Crippen MR) is 76.4 cm³/mol. The van der Waals surface area contributed by atoms with E-state index >= 15 is 0 Å². The summed E-state index contributed by atoms with van der Waals surface area (Å²) < 4.78 is 13.6. The van der Waals surface area contributed by atoms with Crippen LogP contribution in [-0.2, 0) is 13.0 Å². The van der Waals surface area contributed by atoms with Crippen molar-refractivity contribution in [3.05, 3.63) is 53.1 Å². The number of nitrogens with zero attached hydrogens (tertiary/aromatic N) is 3. The molecule has 0 aliphatic carbocycles. The number of nitrogens with one attached hydrogen (secondary N) is 1. The molecule has 0 saturated heterocycles. The number of halogens is 1. The fourth-order valence-corrected chi connectivity index (χ4v) is 2.40. The van der Waals surface area contributed by atoms with Crippen LogP contribution in [0.15, 0.2) is 30.5 Å². The van der Waals surface area contributed by atoms with Crippen molar-refractivity contribution in [3.8, 4) is 0 Å². The molecule has 1 aliphatic heterocycles. The lowest BCUT2D eigenvalue weighted by Gasteiger charge is -2.15. The van der Waals surface area contributed by atoms with Crippen LogP contribution in [0.4, 0.5) is 10.3 Å². The van der Waals surface area contributed by atoms with Crippen LogP contribution in [0.1, 0.15) is 21.6 Å². The third-order valence-corrected chi connectivity index (χ3v) is 3.56. The highest BCUT2D eigenvalue weighted by molar-refractivity contribution is 5.97. The van der Waals surface area contributed by atoms with Crippen molar-refractivity contribution < 1.29 is 9.18 Å². The van der Waals surface area contributed by atoms with Gasteiger partial charge in [-0.15, -0.1) is 0 Å². The number of fused-ring (bicyclic) bond motifs is 1. The van der Waals surface area contributed by atoms with E-state index in [1.165, 1.54) is 6.07 Å². The molecule has 108 valence electrons. The van der Waals surface area contributed by atoms with Gasteiger partial charge in [0.25, 0.3) is 5.91 Å². The molecule has 0 radical (unpaired) electrons. The molecule has 1 aromatic carbocycles. The lowest BCUT2D eigenvalue weighted by Crippen LogP contribution is -2.26. The van der Waals surface area contributed by atoms with E-state index in [0.29, 0.717) is 42.3 Å². The molecule has 0 spiro atoms. The van der Waals surface area contributed by atoms with Gasteiger partial charge in [-0.1, -0.05) is 18.2 Å². The molecule has 6 heteroatoms. The molecular formula is C15H15FN4O. The van der Waals surface area contributed by atoms with Crippen LogP contribution in [0.5, 0.6) is 0 Å². The van der Waals surface area contributed by atoms with E-state index in [1.54, 1.807) is 36.3 Å². The highest BCUT2D eigenvalue weighted by Crippen LogP contribution is 2.21. The summed E-state index contributed by atoms with van der Waals surface area (Å²) in [7, 11) is 1.73. The zero-order valence-corrected chi connectivity index (χ0v) is 11.6. The largest absolute Gasteiger partial charge is 0.357 e. The average molecular weight is 286 g/mol. The number of carbonyl (C=O) groups is 1. The number of amides is 1. The van der Waals surface area contributed by atoms with E-state index in [0.717, 1.165) is 0 Å². The summed E-state index contributed by atoms with van der Waals surface area (Å²) >= 11 is 0. The van der Waals surface area contributed by atoms with E-state index in [9.17, 15) is 9.18 Å². The Morgan fingerprint density at radius 1 is 1.38 bits per heavy atom. The minimum Gasteiger partial charge on any atom is -0.357 e. The molecule has 3 rings (SSSR count). The Balaban J connectivity index is 1.72. The molecule has 1 amide bonds. The quantitative estimate of drug-likeness (QED) is 0.932. The summed E-state index contributed by atoms with van der Waals surface area (Å²) in [6, 6.07) is 6.62. The van der Waals surface area contributed by atoms with E-state index in [1.807, 2.05) is 0 Å². The number of rotatable bonds is 4. The molecule has 2 aromatic rings. The average Bonchev–Trinajstić information content (AvgIpc) is 2.82. The molecule has 0 atom stereocenters. The van der Waals surface area contributed by atoms with E-state index in [2.05, 4.69) is 15.3 Å². The van der Waals surface area contributed by atoms with Gasteiger partial charge in [0, 0.05) is 19.8 Å². The fraction of sp³-hybridized carbons (Fsp3) is 0.267. The standard InChI is InChI=1S/C15H15FN4O/c1-17-15-18-8-11-13(19-15)9-20(14(11)21)7-6-10-4-2-3-5-12(10)16/h2-5,8H,6-7,9H2,1H3,(H,17,18,19). The molecule has 0 unspecified atom stereocenters. The highest BCUT2D eigenvalue weighted by atomic mass is 19.1. The summed E-state index contributed by atoms with van der Waals surface area (Å²) in [4.78, 5) is 22.2. The molecule has 1 aromatic heterocycles. The minimum atomic E-state index is -0.237. The van der Waals surface area contributed by atoms with Gasteiger partial charge in [-0.2, -0.15) is 0 Å². The molecule has 0 saturated carbocycles. The van der Waals surface area contributed by atoms with Crippen molar-refractivity contribution in [3.63, 3.8) is 0 Å². The van der Waals surface area contributed by atoms with Crippen molar-refractivity contribution in [1.82, 2.24) is 14.9 Å². The van der Waals surface area contributed by atoms with Crippen molar-refractivity contribution in [2.75, 3.05) is 18.9 Å². The molecule has 0 bridgehead atoms. The second-order valence-electron chi connectivity index (χ2n) is 4.87. The summed E-state index contributed by atoms with van der Waals surface area (Å²) in [5, 5.41) is 2.85. The SMILES string of the molecule is CNc1ncc2c(n1)CN(CCc1ccccc1F)C2=O. The molecule has 1 aliphatic rings. The van der Waals surface area contributed by atoms with Crippen LogP contribution < -0.4 is 5.32 Å². The third kappa shape index (κ3) is 2.56. The van der Waals surface area contributed by atoms with Crippen LogP contribution in [-0.4, -0.2) is 34.4 Å². The van der Waals surface area contributed by atoms with Crippen molar-refractivity contribution in [1.29, 1.82) is 0 Å². The van der Waals surface area contributed by atoms with Crippen LogP contribution >= 0.6 is 0 Å². The number of carbonyl (C=O) groups excluding carboxylic acids is 1. The molecular weight excluding hydrogens is 271 g/mol. The van der Waals surface area contributed by atoms with Gasteiger partial charge in [-0.25, -0.2) is 14.4 Å². The maximum absolute atomic E-state index is 13.6. The van der Waals surface area contributed by atoms with Gasteiger partial charge in [0.05, 0.1) is 17.8 Å². The second-order valence-corrected chi connectivity index (χ2v) is 4.87. The van der Waals surface area contributed by atoms with Crippen LogP contribution in [0.25, 0.3) is 0 Å². The summed E-state index contributed by atoms with van der Waals surface area (Å²) in [5.74, 6) is 0.167. The first kappa shape index (κ1) is 13.5. The zero-order chi connectivity index (χ0) is 14.8. The van der Waals surface area contributed by atoms with Gasteiger partial charge in [0.2, 0.25) is 5.95 Å². The molecule has 1 N–H and O–H groups in total. The smallest absolute Gasteiger partial charge is 0.257 e. The first-order chi connectivity index (χ1) is 10.2. The van der Waals surface area contributed by atoms with E-state index < -0.39 is 0 Å². The summed E-state index contributed by atoms with van der Waals surface area (Å²) in [6.45, 7) is 0.908. The van der Waals surface area contributed by atoms with Crippen molar-refractivity contribution in [2.45, 2.75) is 13.0 Å². The Morgan fingerprint density at radius 3 is 2.95 bits per heavy atom. The van der Waals surface area contributed by atoms with Crippen LogP contribution in [0, 0.1) is 5.82 Å². The number of benzene rings is 1. The lowest BCUT2D eigenvalue weighted by molar-refractivity contribution is 0.0779. The predicted octanol–water partition coefficient (Wildman–Crippen LogP) is 1.86. The monoisotopic (exact) mass is 286 g/mol. The molecule has 2 heterocycles. The van der Waals surface area contributed by atoms with Gasteiger partial charge in [0.1, 0.15) is 5.82 Å². The Kier molecular flexibility index (Phi) is 3.51. The maximum Gasteiger partial charge on any atom is 0.257 e. The molecule has 0 fully saturated rings. The Bertz CT molecular complexity index is 689. The number of anilines is 1. The normalized spacial score (nSPS) is 13.4. The number of hydrogen-bond donors (Lipinski definition) is 1. The van der Waals surface area contributed by atoms with Gasteiger partial charge in [0.15, 0.2) is 0 Å². The number of hydrogen-bond acceptors (Lipinski definition) is 4. The second kappa shape index (κ2) is 5.47. The van der Waals surface area contributed by atoms with Crippen LogP contribution in [0.2, 0.25) is 0 Å². The van der Waals surface area contributed by atoms with Gasteiger partial charge < -0.3 is 10.2 Å². The van der Waals surface area contributed by atoms with Crippen LogP contribution in [0.3, 0.4) is 0 Å². The Labute approximate surface area is 121 Å². The number of aromatic nitrogens is 2. The first-order valence-electron chi connectivity index (χ1n) is 6.75. The fourth-order valence-electron chi connectivity index (χ4n) is 2.40.